The van der Waals surface area contributed by atoms with Gasteiger partial charge in [-0.15, -0.1) is 0 Å². The molecule has 2 nitrogen and oxygen atoms in total. The maximum atomic E-state index is 3.97. The fourth-order valence-corrected chi connectivity index (χ4v) is 0.508. The summed E-state index contributed by atoms with van der Waals surface area (Å²) in [5.41, 5.74) is 1.07. The smallest absolute Gasteiger partial charge is 0.151 e. The predicted molar refractivity (Wildman–Crippen MR) is 36.9 cm³/mol. The molecule has 0 aliphatic heterocycles. The van der Waals surface area contributed by atoms with Crippen molar-refractivity contribution in [3.8, 4) is 0 Å². The van der Waals surface area contributed by atoms with Crippen LogP contribution in [-0.2, 0) is 0 Å². The summed E-state index contributed by atoms with van der Waals surface area (Å²) in [6, 6.07) is 0. The van der Waals surface area contributed by atoms with E-state index < -0.39 is 0 Å². The third-order valence-electron chi connectivity index (χ3n) is 0.983. The van der Waals surface area contributed by atoms with Crippen LogP contribution in [0.15, 0.2) is 19.0 Å². The van der Waals surface area contributed by atoms with Crippen molar-refractivity contribution in [3.63, 3.8) is 0 Å². The molecule has 0 aliphatic rings. The van der Waals surface area contributed by atoms with Crippen LogP contribution in [0, 0.1) is 6.92 Å². The van der Waals surface area contributed by atoms with E-state index in [0.717, 1.165) is 5.56 Å². The summed E-state index contributed by atoms with van der Waals surface area (Å²) in [5, 5.41) is 0. The third-order valence-corrected chi connectivity index (χ3v) is 0.983. The fourth-order valence-electron chi connectivity index (χ4n) is 0.508. The van der Waals surface area contributed by atoms with Gasteiger partial charge in [-0.05, 0) is 18.6 Å². The number of aryl methyl sites for hydroxylation is 1. The summed E-state index contributed by atoms with van der Waals surface area (Å²) in [6.45, 7) is 5.49. The van der Waals surface area contributed by atoms with E-state index in [4.69, 9.17) is 0 Å². The molecule has 2 heteroatoms. The molecule has 1 rings (SSSR count). The van der Waals surface area contributed by atoms with E-state index in [0.29, 0.717) is 5.82 Å². The molecule has 1 aromatic heterocycles. The summed E-state index contributed by atoms with van der Waals surface area (Å²) < 4.78 is 0. The van der Waals surface area contributed by atoms with E-state index in [1.807, 2.05) is 6.92 Å². The van der Waals surface area contributed by atoms with Crippen LogP contribution in [0.3, 0.4) is 0 Å². The van der Waals surface area contributed by atoms with Gasteiger partial charge in [-0.25, -0.2) is 9.97 Å². The molecule has 0 N–H and O–H groups in total. The van der Waals surface area contributed by atoms with Gasteiger partial charge in [0.15, 0.2) is 5.82 Å². The first kappa shape index (κ1) is 5.95. The summed E-state index contributed by atoms with van der Waals surface area (Å²) >= 11 is 0. The van der Waals surface area contributed by atoms with Crippen LogP contribution < -0.4 is 0 Å². The molecule has 0 spiro atoms. The van der Waals surface area contributed by atoms with Crippen LogP contribution >= 0.6 is 0 Å². The Balaban J connectivity index is 3.01. The summed E-state index contributed by atoms with van der Waals surface area (Å²) in [5.74, 6) is 0.681. The number of hydrogen-bond donors (Lipinski definition) is 0. The second kappa shape index (κ2) is 2.40. The summed E-state index contributed by atoms with van der Waals surface area (Å²) in [6.07, 6.45) is 5.16. The second-order valence-electron chi connectivity index (χ2n) is 1.82. The van der Waals surface area contributed by atoms with Crippen molar-refractivity contribution in [3.05, 3.63) is 30.4 Å². The molecule has 1 aromatic rings. The number of rotatable bonds is 1. The largest absolute Gasteiger partial charge is 0.237 e. The highest BCUT2D eigenvalue weighted by Gasteiger charge is 1.85. The van der Waals surface area contributed by atoms with E-state index in [-0.39, 0.29) is 0 Å². The molecule has 0 aliphatic carbocycles. The zero-order chi connectivity index (χ0) is 6.69. The molecule has 0 amide bonds. The van der Waals surface area contributed by atoms with Crippen molar-refractivity contribution in [2.75, 3.05) is 0 Å². The minimum atomic E-state index is 0.681. The van der Waals surface area contributed by atoms with Crippen LogP contribution in [0.2, 0.25) is 0 Å². The quantitative estimate of drug-likeness (QED) is 0.560. The predicted octanol–water partition coefficient (Wildman–Crippen LogP) is 1.43. The highest BCUT2D eigenvalue weighted by molar-refractivity contribution is 5.35. The van der Waals surface area contributed by atoms with Gasteiger partial charge in [0.05, 0.1) is 0 Å². The van der Waals surface area contributed by atoms with Gasteiger partial charge < -0.3 is 0 Å². The minimum Gasteiger partial charge on any atom is -0.237 e. The van der Waals surface area contributed by atoms with E-state index in [1.165, 1.54) is 0 Å². The molecule has 0 saturated carbocycles. The van der Waals surface area contributed by atoms with E-state index in [2.05, 4.69) is 16.5 Å². The van der Waals surface area contributed by atoms with Crippen molar-refractivity contribution in [2.45, 2.75) is 6.92 Å². The first-order chi connectivity index (χ1) is 4.33. The zero-order valence-corrected chi connectivity index (χ0v) is 5.33. The first-order valence-electron chi connectivity index (χ1n) is 2.74. The number of aromatic nitrogens is 2. The number of hydrogen-bond acceptors (Lipinski definition) is 2. The van der Waals surface area contributed by atoms with Crippen LogP contribution in [-0.4, -0.2) is 9.97 Å². The Bertz CT molecular complexity index is 201. The summed E-state index contributed by atoms with van der Waals surface area (Å²) in [4.78, 5) is 7.94. The highest BCUT2D eigenvalue weighted by Crippen LogP contribution is 1.92. The van der Waals surface area contributed by atoms with Crippen LogP contribution in [0.4, 0.5) is 0 Å². The lowest BCUT2D eigenvalue weighted by Crippen LogP contribution is -1.85. The fraction of sp³-hybridized carbons (Fsp3) is 0.143. The van der Waals surface area contributed by atoms with Gasteiger partial charge in [-0.3, -0.25) is 0 Å². The Hall–Kier alpha value is -1.18. The molecule has 46 valence electrons. The van der Waals surface area contributed by atoms with Crippen LogP contribution in [0.1, 0.15) is 11.4 Å². The van der Waals surface area contributed by atoms with Crippen LogP contribution in [0.5, 0.6) is 0 Å². The Morgan fingerprint density at radius 3 is 2.44 bits per heavy atom. The van der Waals surface area contributed by atoms with E-state index >= 15 is 0 Å². The van der Waals surface area contributed by atoms with Crippen molar-refractivity contribution in [1.29, 1.82) is 0 Å². The molecule has 0 radical (unpaired) electrons. The van der Waals surface area contributed by atoms with Gasteiger partial charge in [0.1, 0.15) is 0 Å². The maximum absolute atomic E-state index is 3.97. The molecular weight excluding hydrogens is 112 g/mol. The molecule has 0 saturated heterocycles. The average Bonchev–Trinajstić information content (AvgIpc) is 1.90. The molecule has 0 bridgehead atoms. The Labute approximate surface area is 54.3 Å². The summed E-state index contributed by atoms with van der Waals surface area (Å²) in [7, 11) is 0. The topological polar surface area (TPSA) is 25.8 Å². The highest BCUT2D eigenvalue weighted by atomic mass is 14.8. The van der Waals surface area contributed by atoms with E-state index in [9.17, 15) is 0 Å². The van der Waals surface area contributed by atoms with Gasteiger partial charge in [0.2, 0.25) is 0 Å². The average molecular weight is 120 g/mol. The monoisotopic (exact) mass is 120 g/mol. The Kier molecular flexibility index (Phi) is 1.58. The normalized spacial score (nSPS) is 9.00. The van der Waals surface area contributed by atoms with Crippen molar-refractivity contribution < 1.29 is 0 Å². The first-order valence-corrected chi connectivity index (χ1v) is 2.74. The molecule has 0 unspecified atom stereocenters. The van der Waals surface area contributed by atoms with Gasteiger partial charge in [-0.1, -0.05) is 6.58 Å². The lowest BCUT2D eigenvalue weighted by atomic mass is 10.4. The van der Waals surface area contributed by atoms with Crippen LogP contribution in [0.25, 0.3) is 6.08 Å². The van der Waals surface area contributed by atoms with Gasteiger partial charge >= 0.3 is 0 Å². The number of nitrogens with zero attached hydrogens (tertiary/aromatic N) is 2. The standard InChI is InChI=1S/C7H8N2/c1-3-7-8-4-6(2)5-9-7/h3-5H,1H2,2H3. The minimum absolute atomic E-state index is 0.681. The lowest BCUT2D eigenvalue weighted by molar-refractivity contribution is 1.10. The van der Waals surface area contributed by atoms with Crippen molar-refractivity contribution in [2.24, 2.45) is 0 Å². The molecule has 0 atom stereocenters. The lowest BCUT2D eigenvalue weighted by Gasteiger charge is -1.89. The van der Waals surface area contributed by atoms with Gasteiger partial charge in [-0.2, -0.15) is 0 Å². The molecular formula is C7H8N2. The zero-order valence-electron chi connectivity index (χ0n) is 5.33. The third kappa shape index (κ3) is 1.35. The molecule has 0 aromatic carbocycles. The maximum Gasteiger partial charge on any atom is 0.151 e. The Morgan fingerprint density at radius 2 is 2.00 bits per heavy atom. The van der Waals surface area contributed by atoms with Crippen molar-refractivity contribution in [1.82, 2.24) is 9.97 Å². The SMILES string of the molecule is C=Cc1ncc(C)cn1. The molecule has 9 heavy (non-hydrogen) atoms. The Morgan fingerprint density at radius 1 is 1.44 bits per heavy atom. The van der Waals surface area contributed by atoms with Crippen molar-refractivity contribution >= 4 is 6.08 Å². The molecule has 1 heterocycles. The second-order valence-corrected chi connectivity index (χ2v) is 1.82. The molecule has 0 fully saturated rings. The van der Waals surface area contributed by atoms with Gasteiger partial charge in [0.25, 0.3) is 0 Å². The van der Waals surface area contributed by atoms with E-state index in [1.54, 1.807) is 18.5 Å². The van der Waals surface area contributed by atoms with Gasteiger partial charge in [0, 0.05) is 12.4 Å².